The second-order valence-corrected chi connectivity index (χ2v) is 11.9. The number of hydrogen-bond donors (Lipinski definition) is 1. The van der Waals surface area contributed by atoms with Gasteiger partial charge in [0, 0.05) is 21.3 Å². The van der Waals surface area contributed by atoms with E-state index < -0.39 is 0 Å². The first-order chi connectivity index (χ1) is 21.6. The van der Waals surface area contributed by atoms with Crippen LogP contribution in [-0.4, -0.2) is 35.0 Å². The minimum atomic E-state index is -0.304. The number of benzene rings is 4. The smallest absolute Gasteiger partial charge is 0.282 e. The summed E-state index contributed by atoms with van der Waals surface area (Å²) in [6.07, 6.45) is 1.55. The van der Waals surface area contributed by atoms with E-state index in [1.54, 1.807) is 24.4 Å². The Balaban J connectivity index is 1.54. The highest BCUT2D eigenvalue weighted by Crippen LogP contribution is 2.34. The van der Waals surface area contributed by atoms with Crippen molar-refractivity contribution in [2.45, 2.75) is 40.5 Å². The lowest BCUT2D eigenvalue weighted by atomic mass is 9.96. The highest BCUT2D eigenvalue weighted by molar-refractivity contribution is 9.10. The number of aryl methyl sites for hydroxylation is 2. The third-order valence-corrected chi connectivity index (χ3v) is 7.74. The summed E-state index contributed by atoms with van der Waals surface area (Å²) in [6, 6.07) is 24.2. The van der Waals surface area contributed by atoms with Crippen LogP contribution >= 0.6 is 15.9 Å². The summed E-state index contributed by atoms with van der Waals surface area (Å²) in [7, 11) is 0. The molecule has 0 aliphatic rings. The Morgan fingerprint density at radius 3 is 2.49 bits per heavy atom. The van der Waals surface area contributed by atoms with E-state index in [1.807, 2.05) is 81.4 Å². The molecule has 0 aliphatic carbocycles. The van der Waals surface area contributed by atoms with Crippen LogP contribution in [0, 0.1) is 13.8 Å². The van der Waals surface area contributed by atoms with Gasteiger partial charge in [-0.25, -0.2) is 4.98 Å². The van der Waals surface area contributed by atoms with Gasteiger partial charge in [0.15, 0.2) is 12.4 Å². The number of nitrogens with zero attached hydrogens (tertiary/aromatic N) is 3. The molecule has 8 nitrogen and oxygen atoms in total. The van der Waals surface area contributed by atoms with E-state index in [0.717, 1.165) is 32.5 Å². The number of ether oxygens (including phenoxy) is 2. The van der Waals surface area contributed by atoms with Gasteiger partial charge in [0.25, 0.3) is 11.5 Å². The lowest BCUT2D eigenvalue weighted by Gasteiger charge is -2.18. The van der Waals surface area contributed by atoms with Gasteiger partial charge in [-0.1, -0.05) is 59.6 Å². The van der Waals surface area contributed by atoms with Crippen LogP contribution < -0.4 is 20.3 Å². The molecule has 0 atom stereocenters. The normalized spacial score (nSPS) is 11.4. The number of anilines is 1. The molecule has 0 unspecified atom stereocenters. The number of aromatic nitrogens is 2. The number of hydrogen-bond acceptors (Lipinski definition) is 6. The van der Waals surface area contributed by atoms with Crippen molar-refractivity contribution in [3.05, 3.63) is 116 Å². The molecule has 1 aromatic heterocycles. The van der Waals surface area contributed by atoms with Crippen molar-refractivity contribution in [3.8, 4) is 22.9 Å². The number of carbonyl (C=O) groups is 1. The second kappa shape index (κ2) is 13.9. The predicted molar refractivity (Wildman–Crippen MR) is 184 cm³/mol. The largest absolute Gasteiger partial charge is 0.494 e. The van der Waals surface area contributed by atoms with Crippen LogP contribution in [0.4, 0.5) is 5.69 Å². The zero-order chi connectivity index (χ0) is 32.1. The van der Waals surface area contributed by atoms with Crippen molar-refractivity contribution in [1.82, 2.24) is 9.66 Å². The van der Waals surface area contributed by atoms with Crippen molar-refractivity contribution in [1.29, 1.82) is 0 Å². The SMILES string of the molecule is CCOc1cc(C)c(-c2nc3ccccc3c(=O)n2N=Cc2cc(Br)ccc2OCC(=O)Nc2ccc(C)cc2)cc1C(C)C. The van der Waals surface area contributed by atoms with E-state index in [-0.39, 0.29) is 24.0 Å². The maximum absolute atomic E-state index is 13.9. The van der Waals surface area contributed by atoms with Crippen LogP contribution in [0.1, 0.15) is 48.9 Å². The van der Waals surface area contributed by atoms with E-state index in [9.17, 15) is 9.59 Å². The number of rotatable bonds is 10. The molecule has 9 heteroatoms. The average Bonchev–Trinajstić information content (AvgIpc) is 3.01. The molecule has 45 heavy (non-hydrogen) atoms. The Morgan fingerprint density at radius 2 is 1.76 bits per heavy atom. The van der Waals surface area contributed by atoms with Crippen LogP contribution in [0.25, 0.3) is 22.3 Å². The summed E-state index contributed by atoms with van der Waals surface area (Å²) in [5.74, 6) is 1.54. The minimum absolute atomic E-state index is 0.180. The maximum Gasteiger partial charge on any atom is 0.282 e. The van der Waals surface area contributed by atoms with Crippen LogP contribution in [0.15, 0.2) is 93.2 Å². The fourth-order valence-corrected chi connectivity index (χ4v) is 5.30. The van der Waals surface area contributed by atoms with E-state index in [2.05, 4.69) is 40.2 Å². The molecular weight excluding hydrogens is 632 g/mol. The summed E-state index contributed by atoms with van der Waals surface area (Å²) in [6.45, 7) is 10.5. The van der Waals surface area contributed by atoms with E-state index in [4.69, 9.17) is 14.5 Å². The number of para-hydroxylation sites is 1. The van der Waals surface area contributed by atoms with E-state index >= 15 is 0 Å². The first kappa shape index (κ1) is 31.7. The minimum Gasteiger partial charge on any atom is -0.494 e. The molecule has 0 fully saturated rings. The van der Waals surface area contributed by atoms with Gasteiger partial charge in [-0.2, -0.15) is 9.78 Å². The molecule has 0 spiro atoms. The summed E-state index contributed by atoms with van der Waals surface area (Å²) in [5.41, 5.74) is 5.33. The van der Waals surface area contributed by atoms with Crippen LogP contribution in [0.5, 0.6) is 11.5 Å². The monoisotopic (exact) mass is 666 g/mol. The standard InChI is InChI=1S/C36H35BrN4O4/c1-6-44-33-17-24(5)30(19-29(33)22(2)3)35-40-31-10-8-7-9-28(31)36(43)41(35)38-20-25-18-26(37)13-16-32(25)45-21-34(42)39-27-14-11-23(4)12-15-27/h7-20,22H,6,21H2,1-5H3,(H,39,42). The van der Waals surface area contributed by atoms with E-state index in [0.29, 0.717) is 40.3 Å². The molecule has 0 bridgehead atoms. The quantitative estimate of drug-likeness (QED) is 0.153. The van der Waals surface area contributed by atoms with Gasteiger partial charge in [-0.15, -0.1) is 0 Å². The van der Waals surface area contributed by atoms with Crippen LogP contribution in [-0.2, 0) is 4.79 Å². The Kier molecular flexibility index (Phi) is 9.78. The van der Waals surface area contributed by atoms with Gasteiger partial charge in [-0.05, 0) is 92.4 Å². The number of carbonyl (C=O) groups excluding carboxylic acids is 1. The van der Waals surface area contributed by atoms with Crippen LogP contribution in [0.2, 0.25) is 0 Å². The highest BCUT2D eigenvalue weighted by atomic mass is 79.9. The number of amides is 1. The molecule has 1 N–H and O–H groups in total. The predicted octanol–water partition coefficient (Wildman–Crippen LogP) is 7.86. The summed E-state index contributed by atoms with van der Waals surface area (Å²) in [4.78, 5) is 31.4. The second-order valence-electron chi connectivity index (χ2n) is 11.0. The maximum atomic E-state index is 13.9. The van der Waals surface area contributed by atoms with E-state index in [1.165, 1.54) is 4.68 Å². The van der Waals surface area contributed by atoms with Gasteiger partial charge in [0.2, 0.25) is 0 Å². The topological polar surface area (TPSA) is 94.8 Å². The fraction of sp³-hybridized carbons (Fsp3) is 0.222. The third kappa shape index (κ3) is 7.32. The third-order valence-electron chi connectivity index (χ3n) is 7.25. The Labute approximate surface area is 270 Å². The van der Waals surface area contributed by atoms with Gasteiger partial charge < -0.3 is 14.8 Å². The molecule has 4 aromatic carbocycles. The zero-order valence-electron chi connectivity index (χ0n) is 25.9. The highest BCUT2D eigenvalue weighted by Gasteiger charge is 2.19. The average molecular weight is 668 g/mol. The Bertz CT molecular complexity index is 1950. The van der Waals surface area contributed by atoms with Crippen molar-refractivity contribution in [2.75, 3.05) is 18.5 Å². The number of nitrogens with one attached hydrogen (secondary N) is 1. The van der Waals surface area contributed by atoms with Crippen molar-refractivity contribution in [3.63, 3.8) is 0 Å². The zero-order valence-corrected chi connectivity index (χ0v) is 27.5. The fourth-order valence-electron chi connectivity index (χ4n) is 4.92. The summed E-state index contributed by atoms with van der Waals surface area (Å²) in [5, 5.41) is 7.95. The molecule has 0 aliphatic heterocycles. The number of halogens is 1. The van der Waals surface area contributed by atoms with Gasteiger partial charge in [0.05, 0.1) is 23.7 Å². The van der Waals surface area contributed by atoms with Gasteiger partial charge >= 0.3 is 0 Å². The molecule has 5 rings (SSSR count). The van der Waals surface area contributed by atoms with Gasteiger partial charge in [0.1, 0.15) is 11.5 Å². The number of fused-ring (bicyclic) bond motifs is 1. The lowest BCUT2D eigenvalue weighted by molar-refractivity contribution is -0.118. The summed E-state index contributed by atoms with van der Waals surface area (Å²) >= 11 is 3.51. The molecular formula is C36H35BrN4O4. The first-order valence-corrected chi connectivity index (χ1v) is 15.6. The molecule has 0 radical (unpaired) electrons. The van der Waals surface area contributed by atoms with Gasteiger partial charge in [-0.3, -0.25) is 9.59 Å². The van der Waals surface area contributed by atoms with Crippen molar-refractivity contribution < 1.29 is 14.3 Å². The molecule has 0 saturated heterocycles. The lowest BCUT2D eigenvalue weighted by Crippen LogP contribution is -2.21. The first-order valence-electron chi connectivity index (χ1n) is 14.8. The summed E-state index contributed by atoms with van der Waals surface area (Å²) < 4.78 is 14.0. The Hall–Kier alpha value is -4.76. The molecule has 230 valence electrons. The van der Waals surface area contributed by atoms with Crippen molar-refractivity contribution in [2.24, 2.45) is 5.10 Å². The Morgan fingerprint density at radius 1 is 1.00 bits per heavy atom. The van der Waals surface area contributed by atoms with Crippen molar-refractivity contribution >= 4 is 44.6 Å². The van der Waals surface area contributed by atoms with Crippen LogP contribution in [0.3, 0.4) is 0 Å². The molecule has 1 heterocycles. The molecule has 1 amide bonds. The molecule has 5 aromatic rings. The molecule has 0 saturated carbocycles.